The molecule has 0 bridgehead atoms. The largest absolute Gasteiger partial charge is 0.389 e. The highest BCUT2D eigenvalue weighted by Crippen LogP contribution is 2.16. The SMILES string of the molecule is CC[C@H](C)N(Cc1ccc(C)cc1C)C[C@@H](O)COCc1ccccc1. The molecule has 3 nitrogen and oxygen atoms in total. The molecule has 142 valence electrons. The maximum Gasteiger partial charge on any atom is 0.0900 e. The minimum Gasteiger partial charge on any atom is -0.389 e. The Balaban J connectivity index is 1.89. The second-order valence-electron chi connectivity index (χ2n) is 7.27. The fourth-order valence-electron chi connectivity index (χ4n) is 3.11. The van der Waals surface area contributed by atoms with E-state index in [-0.39, 0.29) is 0 Å². The molecule has 0 fully saturated rings. The van der Waals surface area contributed by atoms with Gasteiger partial charge in [0.2, 0.25) is 0 Å². The third-order valence-electron chi connectivity index (χ3n) is 4.95. The monoisotopic (exact) mass is 355 g/mol. The lowest BCUT2D eigenvalue weighted by molar-refractivity contribution is 0.00141. The minimum absolute atomic E-state index is 0.356. The van der Waals surface area contributed by atoms with E-state index in [0.29, 0.717) is 25.8 Å². The number of aryl methyl sites for hydroxylation is 2. The molecule has 0 aliphatic carbocycles. The van der Waals surface area contributed by atoms with Gasteiger partial charge in [-0.1, -0.05) is 61.0 Å². The first-order valence-electron chi connectivity index (χ1n) is 9.59. The van der Waals surface area contributed by atoms with Crippen LogP contribution in [-0.2, 0) is 17.9 Å². The van der Waals surface area contributed by atoms with Gasteiger partial charge < -0.3 is 9.84 Å². The van der Waals surface area contributed by atoms with Crippen molar-refractivity contribution in [3.63, 3.8) is 0 Å². The summed E-state index contributed by atoms with van der Waals surface area (Å²) in [6.45, 7) is 11.1. The zero-order valence-electron chi connectivity index (χ0n) is 16.6. The fourth-order valence-corrected chi connectivity index (χ4v) is 3.11. The third kappa shape index (κ3) is 6.56. The van der Waals surface area contributed by atoms with Gasteiger partial charge in [0.25, 0.3) is 0 Å². The van der Waals surface area contributed by atoms with Crippen molar-refractivity contribution >= 4 is 0 Å². The molecule has 0 aliphatic heterocycles. The van der Waals surface area contributed by atoms with E-state index in [2.05, 4.69) is 50.8 Å². The molecule has 2 atom stereocenters. The lowest BCUT2D eigenvalue weighted by Gasteiger charge is -2.31. The van der Waals surface area contributed by atoms with Gasteiger partial charge in [-0.3, -0.25) is 4.90 Å². The van der Waals surface area contributed by atoms with Crippen LogP contribution < -0.4 is 0 Å². The van der Waals surface area contributed by atoms with Gasteiger partial charge in [0.15, 0.2) is 0 Å². The van der Waals surface area contributed by atoms with Gasteiger partial charge in [-0.25, -0.2) is 0 Å². The van der Waals surface area contributed by atoms with Crippen molar-refractivity contribution < 1.29 is 9.84 Å². The Kier molecular flexibility index (Phi) is 8.30. The molecule has 0 unspecified atom stereocenters. The van der Waals surface area contributed by atoms with Crippen LogP contribution in [0.15, 0.2) is 48.5 Å². The van der Waals surface area contributed by atoms with E-state index in [1.54, 1.807) is 0 Å². The van der Waals surface area contributed by atoms with Crippen LogP contribution in [0.4, 0.5) is 0 Å². The molecule has 0 radical (unpaired) electrons. The Morgan fingerprint density at radius 3 is 2.46 bits per heavy atom. The van der Waals surface area contributed by atoms with Crippen molar-refractivity contribution in [1.82, 2.24) is 4.90 Å². The van der Waals surface area contributed by atoms with Crippen LogP contribution in [0.5, 0.6) is 0 Å². The normalized spacial score (nSPS) is 13.8. The Morgan fingerprint density at radius 2 is 1.81 bits per heavy atom. The van der Waals surface area contributed by atoms with E-state index in [1.165, 1.54) is 16.7 Å². The number of aliphatic hydroxyl groups is 1. The molecule has 0 spiro atoms. The average Bonchev–Trinajstić information content (AvgIpc) is 2.63. The highest BCUT2D eigenvalue weighted by molar-refractivity contribution is 5.30. The Labute approximate surface area is 158 Å². The van der Waals surface area contributed by atoms with E-state index in [4.69, 9.17) is 4.74 Å². The smallest absolute Gasteiger partial charge is 0.0900 e. The van der Waals surface area contributed by atoms with Gasteiger partial charge in [0.05, 0.1) is 19.3 Å². The summed E-state index contributed by atoms with van der Waals surface area (Å²) in [6.07, 6.45) is 0.571. The molecule has 0 aromatic heterocycles. The molecule has 26 heavy (non-hydrogen) atoms. The molecule has 0 heterocycles. The third-order valence-corrected chi connectivity index (χ3v) is 4.95. The lowest BCUT2D eigenvalue weighted by Crippen LogP contribution is -2.40. The predicted molar refractivity (Wildman–Crippen MR) is 108 cm³/mol. The van der Waals surface area contributed by atoms with E-state index >= 15 is 0 Å². The molecule has 0 aliphatic rings. The zero-order chi connectivity index (χ0) is 18.9. The summed E-state index contributed by atoms with van der Waals surface area (Å²) >= 11 is 0. The molecule has 0 saturated heterocycles. The number of hydrogen-bond acceptors (Lipinski definition) is 3. The van der Waals surface area contributed by atoms with Gasteiger partial charge in [-0.2, -0.15) is 0 Å². The van der Waals surface area contributed by atoms with Gasteiger partial charge in [-0.15, -0.1) is 0 Å². The number of benzene rings is 2. The van der Waals surface area contributed by atoms with E-state index in [1.807, 2.05) is 30.3 Å². The maximum atomic E-state index is 10.5. The van der Waals surface area contributed by atoms with Crippen molar-refractivity contribution in [2.45, 2.75) is 59.4 Å². The second kappa shape index (κ2) is 10.5. The van der Waals surface area contributed by atoms with E-state index in [0.717, 1.165) is 18.5 Å². The Hall–Kier alpha value is -1.68. The topological polar surface area (TPSA) is 32.7 Å². The summed E-state index contributed by atoms with van der Waals surface area (Å²) in [5, 5.41) is 10.5. The Morgan fingerprint density at radius 1 is 1.08 bits per heavy atom. The Bertz CT molecular complexity index is 657. The zero-order valence-corrected chi connectivity index (χ0v) is 16.6. The van der Waals surface area contributed by atoms with Gasteiger partial charge in [-0.05, 0) is 43.9 Å². The van der Waals surface area contributed by atoms with Gasteiger partial charge >= 0.3 is 0 Å². The van der Waals surface area contributed by atoms with Crippen LogP contribution in [0, 0.1) is 13.8 Å². The number of nitrogens with zero attached hydrogens (tertiary/aromatic N) is 1. The summed E-state index contributed by atoms with van der Waals surface area (Å²) in [5.74, 6) is 0. The minimum atomic E-state index is -0.488. The number of hydrogen-bond donors (Lipinski definition) is 1. The molecular weight excluding hydrogens is 322 g/mol. The molecule has 2 aromatic rings. The van der Waals surface area contributed by atoms with Crippen molar-refractivity contribution in [3.8, 4) is 0 Å². The molecule has 2 rings (SSSR count). The molecular formula is C23H33NO2. The summed E-state index contributed by atoms with van der Waals surface area (Å²) in [5.41, 5.74) is 5.06. The standard InChI is InChI=1S/C23H33NO2/c1-5-20(4)24(14-22-12-11-18(2)13-19(22)3)15-23(25)17-26-16-21-9-7-6-8-10-21/h6-13,20,23,25H,5,14-17H2,1-4H3/t20-,23+/m0/s1. The van der Waals surface area contributed by atoms with Crippen LogP contribution in [0.25, 0.3) is 0 Å². The van der Waals surface area contributed by atoms with Crippen LogP contribution in [0.1, 0.15) is 42.5 Å². The second-order valence-corrected chi connectivity index (χ2v) is 7.27. The van der Waals surface area contributed by atoms with Crippen molar-refractivity contribution in [2.24, 2.45) is 0 Å². The highest BCUT2D eigenvalue weighted by atomic mass is 16.5. The van der Waals surface area contributed by atoms with Gasteiger partial charge in [0, 0.05) is 19.1 Å². The van der Waals surface area contributed by atoms with E-state index in [9.17, 15) is 5.11 Å². The molecule has 0 amide bonds. The summed E-state index contributed by atoms with van der Waals surface area (Å²) in [4.78, 5) is 2.36. The quantitative estimate of drug-likeness (QED) is 0.682. The summed E-state index contributed by atoms with van der Waals surface area (Å²) < 4.78 is 5.71. The summed E-state index contributed by atoms with van der Waals surface area (Å²) in [6, 6.07) is 17.1. The van der Waals surface area contributed by atoms with Crippen molar-refractivity contribution in [1.29, 1.82) is 0 Å². The lowest BCUT2D eigenvalue weighted by atomic mass is 10.0. The summed E-state index contributed by atoms with van der Waals surface area (Å²) in [7, 11) is 0. The van der Waals surface area contributed by atoms with E-state index < -0.39 is 6.10 Å². The number of ether oxygens (including phenoxy) is 1. The molecule has 1 N–H and O–H groups in total. The highest BCUT2D eigenvalue weighted by Gasteiger charge is 2.18. The van der Waals surface area contributed by atoms with Crippen LogP contribution in [0.3, 0.4) is 0 Å². The predicted octanol–water partition coefficient (Wildman–Crippen LogP) is 4.48. The molecule has 0 saturated carbocycles. The van der Waals surface area contributed by atoms with Crippen LogP contribution >= 0.6 is 0 Å². The van der Waals surface area contributed by atoms with Crippen LogP contribution in [-0.4, -0.2) is 35.3 Å². The van der Waals surface area contributed by atoms with Crippen molar-refractivity contribution in [3.05, 3.63) is 70.8 Å². The number of aliphatic hydroxyl groups excluding tert-OH is 1. The first-order valence-corrected chi connectivity index (χ1v) is 9.59. The first-order chi connectivity index (χ1) is 12.5. The average molecular weight is 356 g/mol. The van der Waals surface area contributed by atoms with Crippen molar-refractivity contribution in [2.75, 3.05) is 13.2 Å². The molecule has 2 aromatic carbocycles. The number of rotatable bonds is 10. The fraction of sp³-hybridized carbons (Fsp3) is 0.478. The molecule has 3 heteroatoms. The van der Waals surface area contributed by atoms with Gasteiger partial charge in [0.1, 0.15) is 0 Å². The van der Waals surface area contributed by atoms with Crippen LogP contribution in [0.2, 0.25) is 0 Å². The maximum absolute atomic E-state index is 10.5. The first kappa shape index (κ1) is 20.6.